The van der Waals surface area contributed by atoms with Crippen LogP contribution in [0.4, 0.5) is 10.3 Å². The number of carbonyl (C=O) groups excluding carboxylic acids is 1. The Balaban J connectivity index is 1.57. The summed E-state index contributed by atoms with van der Waals surface area (Å²) in [4.78, 5) is 31.9. The van der Waals surface area contributed by atoms with Gasteiger partial charge in [-0.25, -0.2) is 14.4 Å². The van der Waals surface area contributed by atoms with Gasteiger partial charge in [0.15, 0.2) is 5.82 Å². The minimum Gasteiger partial charge on any atom is -0.469 e. The number of anilines is 1. The number of methoxy groups -OCH3 is 1. The van der Waals surface area contributed by atoms with Crippen LogP contribution in [-0.4, -0.2) is 33.7 Å². The Hall–Kier alpha value is -3.55. The van der Waals surface area contributed by atoms with E-state index in [1.165, 1.54) is 17.7 Å². The van der Waals surface area contributed by atoms with Crippen molar-refractivity contribution in [3.05, 3.63) is 71.0 Å². The highest BCUT2D eigenvalue weighted by Gasteiger charge is 2.35. The maximum absolute atomic E-state index is 14.4. The molecule has 7 nitrogen and oxygen atoms in total. The van der Waals surface area contributed by atoms with Crippen molar-refractivity contribution in [1.82, 2.24) is 14.5 Å². The smallest absolute Gasteiger partial charge is 0.308 e. The summed E-state index contributed by atoms with van der Waals surface area (Å²) in [5.41, 5.74) is 1.10. The van der Waals surface area contributed by atoms with Crippen molar-refractivity contribution in [2.24, 2.45) is 5.92 Å². The van der Waals surface area contributed by atoms with Crippen molar-refractivity contribution in [2.45, 2.75) is 18.9 Å². The van der Waals surface area contributed by atoms with E-state index in [1.807, 2.05) is 0 Å². The summed E-state index contributed by atoms with van der Waals surface area (Å²) in [5.74, 6) is -0.624. The molecule has 0 aliphatic heterocycles. The fourth-order valence-electron chi connectivity index (χ4n) is 3.36. The number of halogens is 1. The average molecular weight is 394 g/mol. The van der Waals surface area contributed by atoms with Crippen LogP contribution < -0.4 is 10.9 Å². The van der Waals surface area contributed by atoms with Crippen LogP contribution in [0.1, 0.15) is 12.8 Å². The van der Waals surface area contributed by atoms with Gasteiger partial charge in [0.05, 0.1) is 19.2 Å². The van der Waals surface area contributed by atoms with Gasteiger partial charge in [0, 0.05) is 29.6 Å². The molecule has 0 saturated heterocycles. The van der Waals surface area contributed by atoms with Crippen molar-refractivity contribution >= 4 is 11.9 Å². The van der Waals surface area contributed by atoms with Crippen molar-refractivity contribution < 1.29 is 13.9 Å². The van der Waals surface area contributed by atoms with E-state index >= 15 is 0 Å². The summed E-state index contributed by atoms with van der Waals surface area (Å²) in [7, 11) is 1.37. The SMILES string of the molecule is COC(=O)C1CC(Nc2ncc(F)c(-c3cccc(-n4ccccc4=O)c3)n2)C1. The Morgan fingerprint density at radius 3 is 2.83 bits per heavy atom. The van der Waals surface area contributed by atoms with Gasteiger partial charge in [-0.2, -0.15) is 0 Å². The molecule has 0 radical (unpaired) electrons. The number of hydrogen-bond acceptors (Lipinski definition) is 6. The first-order valence-corrected chi connectivity index (χ1v) is 9.20. The standard InChI is InChI=1S/C21H19FN4O3/c1-29-20(28)14-9-15(10-14)24-21-23-12-17(22)19(25-21)13-5-4-6-16(11-13)26-8-3-2-7-18(26)27/h2-8,11-12,14-15H,9-10H2,1H3,(H,23,24,25). The molecular formula is C21H19FN4O3. The van der Waals surface area contributed by atoms with Crippen LogP contribution in [0.15, 0.2) is 59.7 Å². The summed E-state index contributed by atoms with van der Waals surface area (Å²) in [6, 6.07) is 11.8. The number of benzene rings is 1. The molecule has 1 N–H and O–H groups in total. The van der Waals surface area contributed by atoms with Gasteiger partial charge in [0.1, 0.15) is 5.69 Å². The van der Waals surface area contributed by atoms with E-state index in [1.54, 1.807) is 42.6 Å². The maximum Gasteiger partial charge on any atom is 0.308 e. The third kappa shape index (κ3) is 3.87. The number of hydrogen-bond donors (Lipinski definition) is 1. The normalized spacial score (nSPS) is 18.0. The predicted molar refractivity (Wildman–Crippen MR) is 105 cm³/mol. The van der Waals surface area contributed by atoms with E-state index in [2.05, 4.69) is 15.3 Å². The Kier molecular flexibility index (Phi) is 5.07. The van der Waals surface area contributed by atoms with Gasteiger partial charge >= 0.3 is 5.97 Å². The average Bonchev–Trinajstić information content (AvgIpc) is 2.71. The zero-order chi connectivity index (χ0) is 20.4. The van der Waals surface area contributed by atoms with Gasteiger partial charge in [0.2, 0.25) is 5.95 Å². The molecule has 148 valence electrons. The number of carbonyl (C=O) groups is 1. The molecule has 0 atom stereocenters. The fourth-order valence-corrected chi connectivity index (χ4v) is 3.36. The van der Waals surface area contributed by atoms with Gasteiger partial charge in [-0.15, -0.1) is 0 Å². The molecule has 1 aromatic carbocycles. The summed E-state index contributed by atoms with van der Waals surface area (Å²) < 4.78 is 20.6. The summed E-state index contributed by atoms with van der Waals surface area (Å²) in [6.07, 6.45) is 4.01. The van der Waals surface area contributed by atoms with Gasteiger partial charge < -0.3 is 10.1 Å². The number of pyridine rings is 1. The second-order valence-corrected chi connectivity index (χ2v) is 6.88. The van der Waals surface area contributed by atoms with Crippen molar-refractivity contribution in [3.8, 4) is 16.9 Å². The van der Waals surface area contributed by atoms with Crippen LogP contribution in [-0.2, 0) is 9.53 Å². The monoisotopic (exact) mass is 394 g/mol. The van der Waals surface area contributed by atoms with Crippen LogP contribution in [0, 0.1) is 11.7 Å². The van der Waals surface area contributed by atoms with Gasteiger partial charge in [-0.1, -0.05) is 18.2 Å². The lowest BCUT2D eigenvalue weighted by Crippen LogP contribution is -2.40. The molecule has 2 aromatic heterocycles. The lowest BCUT2D eigenvalue weighted by atomic mass is 9.80. The number of nitrogens with zero attached hydrogens (tertiary/aromatic N) is 3. The third-order valence-electron chi connectivity index (χ3n) is 4.97. The summed E-state index contributed by atoms with van der Waals surface area (Å²) >= 11 is 0. The van der Waals surface area contributed by atoms with Gasteiger partial charge in [-0.3, -0.25) is 14.2 Å². The van der Waals surface area contributed by atoms with Gasteiger partial charge in [0.25, 0.3) is 5.56 Å². The molecule has 8 heteroatoms. The molecule has 3 aromatic rings. The number of rotatable bonds is 5. The molecule has 2 heterocycles. The van der Waals surface area contributed by atoms with Crippen molar-refractivity contribution in [2.75, 3.05) is 12.4 Å². The quantitative estimate of drug-likeness (QED) is 0.670. The molecule has 0 unspecified atom stereocenters. The highest BCUT2D eigenvalue weighted by molar-refractivity contribution is 5.73. The fraction of sp³-hybridized carbons (Fsp3) is 0.238. The van der Waals surface area contributed by atoms with Crippen molar-refractivity contribution in [1.29, 1.82) is 0 Å². The first kappa shape index (κ1) is 18.8. The first-order valence-electron chi connectivity index (χ1n) is 9.20. The molecule has 1 saturated carbocycles. The Bertz CT molecular complexity index is 1110. The number of aromatic nitrogens is 3. The van der Waals surface area contributed by atoms with Crippen LogP contribution in [0.3, 0.4) is 0 Å². The number of ether oxygens (including phenoxy) is 1. The van der Waals surface area contributed by atoms with Crippen molar-refractivity contribution in [3.63, 3.8) is 0 Å². The summed E-state index contributed by atoms with van der Waals surface area (Å²) in [6.45, 7) is 0. The minimum absolute atomic E-state index is 0.0339. The molecule has 1 fully saturated rings. The van der Waals surface area contributed by atoms with Crippen LogP contribution >= 0.6 is 0 Å². The van der Waals surface area contributed by atoms with Crippen LogP contribution in [0.25, 0.3) is 16.9 Å². The van der Waals surface area contributed by atoms with E-state index in [4.69, 9.17) is 4.74 Å². The number of nitrogens with one attached hydrogen (secondary N) is 1. The largest absolute Gasteiger partial charge is 0.469 e. The second-order valence-electron chi connectivity index (χ2n) is 6.88. The lowest BCUT2D eigenvalue weighted by molar-refractivity contribution is -0.148. The highest BCUT2D eigenvalue weighted by Crippen LogP contribution is 2.31. The Morgan fingerprint density at radius 2 is 2.07 bits per heavy atom. The number of esters is 1. The zero-order valence-corrected chi connectivity index (χ0v) is 15.7. The van der Waals surface area contributed by atoms with E-state index in [0.29, 0.717) is 24.1 Å². The molecular weight excluding hydrogens is 375 g/mol. The Labute approximate surface area is 166 Å². The first-order chi connectivity index (χ1) is 14.0. The van der Waals surface area contributed by atoms with E-state index in [-0.39, 0.29) is 35.1 Å². The lowest BCUT2D eigenvalue weighted by Gasteiger charge is -2.33. The molecule has 1 aliphatic rings. The molecule has 4 rings (SSSR count). The van der Waals surface area contributed by atoms with Gasteiger partial charge in [-0.05, 0) is 31.0 Å². The molecule has 1 aliphatic carbocycles. The van der Waals surface area contributed by atoms with Crippen LogP contribution in [0.2, 0.25) is 0 Å². The third-order valence-corrected chi connectivity index (χ3v) is 4.97. The predicted octanol–water partition coefficient (Wildman–Crippen LogP) is 2.80. The summed E-state index contributed by atoms with van der Waals surface area (Å²) in [5, 5.41) is 3.13. The van der Waals surface area contributed by atoms with Crippen LogP contribution in [0.5, 0.6) is 0 Å². The molecule has 29 heavy (non-hydrogen) atoms. The maximum atomic E-state index is 14.4. The second kappa shape index (κ2) is 7.83. The van der Waals surface area contributed by atoms with E-state index in [9.17, 15) is 14.0 Å². The molecule has 0 amide bonds. The van der Waals surface area contributed by atoms with E-state index in [0.717, 1.165) is 6.20 Å². The Morgan fingerprint density at radius 1 is 1.24 bits per heavy atom. The molecule has 0 bridgehead atoms. The zero-order valence-electron chi connectivity index (χ0n) is 15.7. The minimum atomic E-state index is -0.561. The van der Waals surface area contributed by atoms with E-state index < -0.39 is 5.82 Å². The molecule has 0 spiro atoms. The highest BCUT2D eigenvalue weighted by atomic mass is 19.1. The topological polar surface area (TPSA) is 86.1 Å².